The van der Waals surface area contributed by atoms with Crippen molar-refractivity contribution in [2.45, 2.75) is 45.2 Å². The minimum atomic E-state index is 0.258. The van der Waals surface area contributed by atoms with E-state index in [9.17, 15) is 0 Å². The van der Waals surface area contributed by atoms with Crippen LogP contribution in [0.4, 0.5) is 0 Å². The summed E-state index contributed by atoms with van der Waals surface area (Å²) in [6.45, 7) is 6.08. The SMILES string of the molecule is COc1cc(CN2CCC[C@H]2c2cc(C(C)C)no2)cc(OC)c1OC. The Labute approximate surface area is 155 Å². The number of rotatable bonds is 7. The summed E-state index contributed by atoms with van der Waals surface area (Å²) >= 11 is 0. The Morgan fingerprint density at radius 2 is 1.81 bits per heavy atom. The smallest absolute Gasteiger partial charge is 0.203 e. The first-order valence-corrected chi connectivity index (χ1v) is 9.06. The maximum absolute atomic E-state index is 5.64. The maximum atomic E-state index is 5.64. The number of hydrogen-bond donors (Lipinski definition) is 0. The van der Waals surface area contributed by atoms with Gasteiger partial charge in [-0.3, -0.25) is 4.90 Å². The summed E-state index contributed by atoms with van der Waals surface area (Å²) in [5.74, 6) is 3.31. The van der Waals surface area contributed by atoms with E-state index in [0.29, 0.717) is 23.2 Å². The van der Waals surface area contributed by atoms with Crippen LogP contribution >= 0.6 is 0 Å². The molecule has 1 aliphatic rings. The van der Waals surface area contributed by atoms with Crippen LogP contribution in [0.15, 0.2) is 22.7 Å². The Hall–Kier alpha value is -2.21. The third kappa shape index (κ3) is 3.65. The lowest BCUT2D eigenvalue weighted by Gasteiger charge is -2.23. The number of benzene rings is 1. The van der Waals surface area contributed by atoms with Gasteiger partial charge in [-0.05, 0) is 43.0 Å². The molecular formula is C20H28N2O4. The molecule has 2 heterocycles. The van der Waals surface area contributed by atoms with E-state index in [2.05, 4.69) is 30.0 Å². The van der Waals surface area contributed by atoms with Crippen LogP contribution in [0.3, 0.4) is 0 Å². The molecule has 0 unspecified atom stereocenters. The van der Waals surface area contributed by atoms with Crippen molar-refractivity contribution in [2.75, 3.05) is 27.9 Å². The number of hydrogen-bond acceptors (Lipinski definition) is 6. The number of aromatic nitrogens is 1. The van der Waals surface area contributed by atoms with Gasteiger partial charge in [-0.25, -0.2) is 0 Å². The summed E-state index contributed by atoms with van der Waals surface area (Å²) in [5.41, 5.74) is 2.13. The minimum absolute atomic E-state index is 0.258. The van der Waals surface area contributed by atoms with Gasteiger partial charge in [0.1, 0.15) is 0 Å². The average Bonchev–Trinajstić information content (AvgIpc) is 3.29. The molecule has 2 aromatic rings. The molecular weight excluding hydrogens is 332 g/mol. The molecule has 1 aromatic heterocycles. The molecule has 0 N–H and O–H groups in total. The Morgan fingerprint density at radius 1 is 1.12 bits per heavy atom. The van der Waals surface area contributed by atoms with Gasteiger partial charge in [-0.15, -0.1) is 0 Å². The van der Waals surface area contributed by atoms with Gasteiger partial charge in [0, 0.05) is 12.6 Å². The van der Waals surface area contributed by atoms with E-state index in [1.807, 2.05) is 12.1 Å². The summed E-state index contributed by atoms with van der Waals surface area (Å²) in [4.78, 5) is 2.42. The maximum Gasteiger partial charge on any atom is 0.203 e. The van der Waals surface area contributed by atoms with Gasteiger partial charge >= 0.3 is 0 Å². The number of likely N-dealkylation sites (tertiary alicyclic amines) is 1. The molecule has 0 radical (unpaired) electrons. The highest BCUT2D eigenvalue weighted by atomic mass is 16.5. The van der Waals surface area contributed by atoms with Crippen LogP contribution in [-0.2, 0) is 6.54 Å². The van der Waals surface area contributed by atoms with Crippen molar-refractivity contribution >= 4 is 0 Å². The molecule has 0 aliphatic carbocycles. The van der Waals surface area contributed by atoms with Crippen LogP contribution in [-0.4, -0.2) is 37.9 Å². The van der Waals surface area contributed by atoms with Crippen LogP contribution in [0.25, 0.3) is 0 Å². The molecule has 6 heteroatoms. The molecule has 1 atom stereocenters. The highest BCUT2D eigenvalue weighted by Crippen LogP contribution is 2.40. The lowest BCUT2D eigenvalue weighted by atomic mass is 10.1. The second kappa shape index (κ2) is 7.99. The topological polar surface area (TPSA) is 57.0 Å². The third-order valence-electron chi connectivity index (χ3n) is 4.94. The second-order valence-electron chi connectivity index (χ2n) is 6.97. The largest absolute Gasteiger partial charge is 0.493 e. The summed E-state index contributed by atoms with van der Waals surface area (Å²) in [7, 11) is 4.90. The summed E-state index contributed by atoms with van der Waals surface area (Å²) < 4.78 is 22.0. The first-order valence-electron chi connectivity index (χ1n) is 9.06. The summed E-state index contributed by atoms with van der Waals surface area (Å²) in [6.07, 6.45) is 2.23. The normalized spacial score (nSPS) is 17.7. The number of ether oxygens (including phenoxy) is 3. The number of methoxy groups -OCH3 is 3. The highest BCUT2D eigenvalue weighted by Gasteiger charge is 2.30. The van der Waals surface area contributed by atoms with Crippen molar-refractivity contribution in [1.29, 1.82) is 0 Å². The fourth-order valence-electron chi connectivity index (χ4n) is 3.53. The van der Waals surface area contributed by atoms with E-state index < -0.39 is 0 Å². The van der Waals surface area contributed by atoms with E-state index in [-0.39, 0.29) is 6.04 Å². The van der Waals surface area contributed by atoms with Crippen LogP contribution < -0.4 is 14.2 Å². The number of nitrogens with zero attached hydrogens (tertiary/aromatic N) is 2. The summed E-state index contributed by atoms with van der Waals surface area (Å²) in [5, 5.41) is 4.22. The summed E-state index contributed by atoms with van der Waals surface area (Å²) in [6, 6.07) is 6.38. The first-order chi connectivity index (χ1) is 12.6. The van der Waals surface area contributed by atoms with Crippen molar-refractivity contribution in [3.05, 3.63) is 35.2 Å². The highest BCUT2D eigenvalue weighted by molar-refractivity contribution is 5.53. The van der Waals surface area contributed by atoms with Crippen LogP contribution in [0.1, 0.15) is 55.7 Å². The molecule has 1 fully saturated rings. The zero-order valence-electron chi connectivity index (χ0n) is 16.2. The van der Waals surface area contributed by atoms with Gasteiger partial charge in [0.25, 0.3) is 0 Å². The Balaban J connectivity index is 1.83. The first kappa shape index (κ1) is 18.6. The molecule has 3 rings (SSSR count). The van der Waals surface area contributed by atoms with Crippen LogP contribution in [0, 0.1) is 0 Å². The van der Waals surface area contributed by atoms with E-state index in [0.717, 1.165) is 42.9 Å². The molecule has 6 nitrogen and oxygen atoms in total. The fraction of sp³-hybridized carbons (Fsp3) is 0.550. The molecule has 1 aromatic carbocycles. The van der Waals surface area contributed by atoms with E-state index in [4.69, 9.17) is 18.7 Å². The van der Waals surface area contributed by atoms with Crippen molar-refractivity contribution in [1.82, 2.24) is 10.1 Å². The van der Waals surface area contributed by atoms with Crippen molar-refractivity contribution < 1.29 is 18.7 Å². The van der Waals surface area contributed by atoms with Gasteiger partial charge in [0.2, 0.25) is 5.75 Å². The lowest BCUT2D eigenvalue weighted by molar-refractivity contribution is 0.205. The molecule has 1 saturated heterocycles. The van der Waals surface area contributed by atoms with Gasteiger partial charge in [0.15, 0.2) is 17.3 Å². The predicted octanol–water partition coefficient (Wildman–Crippen LogP) is 4.16. The van der Waals surface area contributed by atoms with Crippen molar-refractivity contribution in [2.24, 2.45) is 0 Å². The third-order valence-corrected chi connectivity index (χ3v) is 4.94. The monoisotopic (exact) mass is 360 g/mol. The van der Waals surface area contributed by atoms with Crippen LogP contribution in [0.2, 0.25) is 0 Å². The Kier molecular flexibility index (Phi) is 5.71. The van der Waals surface area contributed by atoms with Gasteiger partial charge in [-0.1, -0.05) is 19.0 Å². The fourth-order valence-corrected chi connectivity index (χ4v) is 3.53. The van der Waals surface area contributed by atoms with Gasteiger partial charge in [-0.2, -0.15) is 0 Å². The average molecular weight is 360 g/mol. The van der Waals surface area contributed by atoms with Gasteiger partial charge in [0.05, 0.1) is 33.1 Å². The zero-order chi connectivity index (χ0) is 18.7. The Bertz CT molecular complexity index is 716. The van der Waals surface area contributed by atoms with Crippen molar-refractivity contribution in [3.8, 4) is 17.2 Å². The molecule has 0 saturated carbocycles. The van der Waals surface area contributed by atoms with Crippen molar-refractivity contribution in [3.63, 3.8) is 0 Å². The van der Waals surface area contributed by atoms with E-state index >= 15 is 0 Å². The molecule has 1 aliphatic heterocycles. The molecule has 0 bridgehead atoms. The van der Waals surface area contributed by atoms with Crippen LogP contribution in [0.5, 0.6) is 17.2 Å². The molecule has 0 spiro atoms. The van der Waals surface area contributed by atoms with E-state index in [1.54, 1.807) is 21.3 Å². The predicted molar refractivity (Wildman–Crippen MR) is 99.1 cm³/mol. The lowest BCUT2D eigenvalue weighted by Crippen LogP contribution is -2.22. The quantitative estimate of drug-likeness (QED) is 0.739. The Morgan fingerprint density at radius 3 is 2.35 bits per heavy atom. The zero-order valence-corrected chi connectivity index (χ0v) is 16.2. The second-order valence-corrected chi connectivity index (χ2v) is 6.97. The molecule has 26 heavy (non-hydrogen) atoms. The minimum Gasteiger partial charge on any atom is -0.493 e. The van der Waals surface area contributed by atoms with E-state index in [1.165, 1.54) is 0 Å². The molecule has 142 valence electrons. The molecule has 0 amide bonds. The standard InChI is InChI=1S/C20H28N2O4/c1-13(2)15-11-17(26-21-15)16-7-6-8-22(16)12-14-9-18(23-3)20(25-5)19(10-14)24-4/h9-11,13,16H,6-8,12H2,1-5H3/t16-/m0/s1. The van der Waals surface area contributed by atoms with Gasteiger partial charge < -0.3 is 18.7 Å².